The first-order chi connectivity index (χ1) is 7.52. The van der Waals surface area contributed by atoms with Gasteiger partial charge in [-0.2, -0.15) is 5.26 Å². The summed E-state index contributed by atoms with van der Waals surface area (Å²) in [7, 11) is -3.55. The summed E-state index contributed by atoms with van der Waals surface area (Å²) in [6.07, 6.45) is 1.64. The number of hydrogen-bond donors (Lipinski definition) is 0. The van der Waals surface area contributed by atoms with E-state index in [4.69, 9.17) is 16.9 Å². The monoisotopic (exact) mass is 255 g/mol. The highest BCUT2D eigenvalue weighted by molar-refractivity contribution is 7.93. The quantitative estimate of drug-likeness (QED) is 0.816. The Morgan fingerprint density at radius 1 is 1.25 bits per heavy atom. The number of benzene rings is 1. The molecule has 0 aliphatic heterocycles. The Hall–Kier alpha value is -1.05. The summed E-state index contributed by atoms with van der Waals surface area (Å²) in [5, 5.41) is 9.52. The van der Waals surface area contributed by atoms with E-state index in [0.29, 0.717) is 17.9 Å². The fraction of sp³-hybridized carbons (Fsp3) is 0.364. The van der Waals surface area contributed by atoms with Crippen LogP contribution in [0.1, 0.15) is 19.3 Å². The lowest BCUT2D eigenvalue weighted by atomic mass is 9.86. The van der Waals surface area contributed by atoms with E-state index >= 15 is 0 Å². The highest BCUT2D eigenvalue weighted by atomic mass is 35.5. The molecular weight excluding hydrogens is 246 g/mol. The number of sulfone groups is 1. The molecule has 0 radical (unpaired) electrons. The van der Waals surface area contributed by atoms with E-state index in [-0.39, 0.29) is 4.90 Å². The number of nitriles is 1. The average molecular weight is 256 g/mol. The summed E-state index contributed by atoms with van der Waals surface area (Å²) in [6, 6.07) is 7.91. The minimum Gasteiger partial charge on any atom is -0.222 e. The van der Waals surface area contributed by atoms with Crippen LogP contribution in [0.15, 0.2) is 29.2 Å². The number of halogens is 1. The van der Waals surface area contributed by atoms with Gasteiger partial charge >= 0.3 is 0 Å². The van der Waals surface area contributed by atoms with Crippen molar-refractivity contribution in [1.29, 1.82) is 5.26 Å². The zero-order valence-electron chi connectivity index (χ0n) is 8.48. The van der Waals surface area contributed by atoms with Crippen LogP contribution < -0.4 is 0 Å². The smallest absolute Gasteiger partial charge is 0.197 e. The van der Waals surface area contributed by atoms with E-state index in [1.54, 1.807) is 0 Å². The van der Waals surface area contributed by atoms with E-state index < -0.39 is 14.6 Å². The molecule has 0 N–H and O–H groups in total. The highest BCUT2D eigenvalue weighted by Gasteiger charge is 2.50. The summed E-state index contributed by atoms with van der Waals surface area (Å²) in [5.74, 6) is 0. The van der Waals surface area contributed by atoms with Crippen molar-refractivity contribution < 1.29 is 8.42 Å². The summed E-state index contributed by atoms with van der Waals surface area (Å²) < 4.78 is 23.2. The second kappa shape index (κ2) is 3.76. The Morgan fingerprint density at radius 2 is 1.81 bits per heavy atom. The predicted molar refractivity (Wildman–Crippen MR) is 60.8 cm³/mol. The molecule has 16 heavy (non-hydrogen) atoms. The molecule has 5 heteroatoms. The Balaban J connectivity index is 2.48. The fourth-order valence-corrected chi connectivity index (χ4v) is 3.80. The summed E-state index contributed by atoms with van der Waals surface area (Å²) in [6.45, 7) is 0. The molecule has 2 rings (SSSR count). The van der Waals surface area contributed by atoms with Crippen molar-refractivity contribution in [3.05, 3.63) is 29.3 Å². The van der Waals surface area contributed by atoms with Gasteiger partial charge in [0.2, 0.25) is 0 Å². The van der Waals surface area contributed by atoms with Crippen LogP contribution in [0, 0.1) is 11.3 Å². The molecule has 1 fully saturated rings. The number of rotatable bonds is 2. The Labute approximate surface area is 99.6 Å². The largest absolute Gasteiger partial charge is 0.222 e. The van der Waals surface area contributed by atoms with Gasteiger partial charge in [0.25, 0.3) is 0 Å². The third-order valence-corrected chi connectivity index (χ3v) is 5.68. The van der Waals surface area contributed by atoms with Crippen molar-refractivity contribution in [3.63, 3.8) is 0 Å². The van der Waals surface area contributed by atoms with E-state index in [0.717, 1.165) is 6.42 Å². The molecule has 1 aliphatic rings. The Kier molecular flexibility index (Phi) is 2.69. The molecule has 1 aliphatic carbocycles. The van der Waals surface area contributed by atoms with Crippen LogP contribution in [0.25, 0.3) is 0 Å². The third-order valence-electron chi connectivity index (χ3n) is 3.00. The normalized spacial score (nSPS) is 18.5. The average Bonchev–Trinajstić information content (AvgIpc) is 2.17. The first kappa shape index (κ1) is 11.4. The lowest BCUT2D eigenvalue weighted by molar-refractivity contribution is 0.406. The zero-order valence-corrected chi connectivity index (χ0v) is 10.1. The van der Waals surface area contributed by atoms with E-state index in [2.05, 4.69) is 0 Å². The van der Waals surface area contributed by atoms with Crippen LogP contribution in [0.5, 0.6) is 0 Å². The second-order valence-corrected chi connectivity index (χ2v) is 6.61. The Morgan fingerprint density at radius 3 is 2.19 bits per heavy atom. The van der Waals surface area contributed by atoms with Crippen molar-refractivity contribution >= 4 is 21.4 Å². The van der Waals surface area contributed by atoms with Crippen LogP contribution in [0.3, 0.4) is 0 Å². The first-order valence-corrected chi connectivity index (χ1v) is 6.79. The molecule has 1 aromatic carbocycles. The van der Waals surface area contributed by atoms with Crippen molar-refractivity contribution in [3.8, 4) is 6.07 Å². The van der Waals surface area contributed by atoms with Crippen molar-refractivity contribution in [2.45, 2.75) is 28.9 Å². The van der Waals surface area contributed by atoms with Gasteiger partial charge in [0.15, 0.2) is 14.6 Å². The summed E-state index contributed by atoms with van der Waals surface area (Å²) in [4.78, 5) is 0.179. The van der Waals surface area contributed by atoms with Gasteiger partial charge in [-0.25, -0.2) is 8.42 Å². The van der Waals surface area contributed by atoms with Crippen molar-refractivity contribution in [1.82, 2.24) is 0 Å². The molecular formula is C11H10ClNO2S. The molecule has 0 aromatic heterocycles. The highest BCUT2D eigenvalue weighted by Crippen LogP contribution is 2.42. The van der Waals surface area contributed by atoms with E-state index in [1.807, 2.05) is 6.07 Å². The predicted octanol–water partition coefficient (Wildman–Crippen LogP) is 2.56. The molecule has 0 saturated heterocycles. The van der Waals surface area contributed by atoms with Gasteiger partial charge in [0.05, 0.1) is 11.0 Å². The van der Waals surface area contributed by atoms with Gasteiger partial charge in [0.1, 0.15) is 0 Å². The van der Waals surface area contributed by atoms with E-state index in [9.17, 15) is 8.42 Å². The van der Waals surface area contributed by atoms with E-state index in [1.165, 1.54) is 24.3 Å². The van der Waals surface area contributed by atoms with Gasteiger partial charge < -0.3 is 0 Å². The molecule has 1 aromatic rings. The van der Waals surface area contributed by atoms with Crippen LogP contribution in [-0.4, -0.2) is 13.2 Å². The van der Waals surface area contributed by atoms with Gasteiger partial charge in [-0.1, -0.05) is 11.6 Å². The number of nitrogens with zero attached hydrogens (tertiary/aromatic N) is 1. The van der Waals surface area contributed by atoms with Gasteiger partial charge in [0, 0.05) is 5.02 Å². The maximum absolute atomic E-state index is 12.2. The molecule has 0 heterocycles. The molecule has 1 saturated carbocycles. The van der Waals surface area contributed by atoms with Crippen LogP contribution in [-0.2, 0) is 9.84 Å². The van der Waals surface area contributed by atoms with Gasteiger partial charge in [-0.15, -0.1) is 0 Å². The molecule has 84 valence electrons. The van der Waals surface area contributed by atoms with Crippen LogP contribution in [0.4, 0.5) is 0 Å². The molecule has 0 bridgehead atoms. The zero-order chi connectivity index (χ0) is 11.8. The van der Waals surface area contributed by atoms with Crippen molar-refractivity contribution in [2.75, 3.05) is 0 Å². The maximum Gasteiger partial charge on any atom is 0.197 e. The summed E-state index contributed by atoms with van der Waals surface area (Å²) >= 11 is 5.70. The molecule has 3 nitrogen and oxygen atoms in total. The molecule has 0 spiro atoms. The van der Waals surface area contributed by atoms with Crippen molar-refractivity contribution in [2.24, 2.45) is 0 Å². The van der Waals surface area contributed by atoms with Crippen LogP contribution >= 0.6 is 11.6 Å². The SMILES string of the molecule is N#CC1(S(=O)(=O)c2ccc(Cl)cc2)CCC1. The molecule has 0 amide bonds. The molecule has 0 atom stereocenters. The lowest BCUT2D eigenvalue weighted by Gasteiger charge is -2.34. The topological polar surface area (TPSA) is 57.9 Å². The third kappa shape index (κ3) is 1.51. The maximum atomic E-state index is 12.2. The van der Waals surface area contributed by atoms with Gasteiger partial charge in [-0.3, -0.25) is 0 Å². The Bertz CT molecular complexity index is 538. The van der Waals surface area contributed by atoms with Crippen LogP contribution in [0.2, 0.25) is 5.02 Å². The lowest BCUT2D eigenvalue weighted by Crippen LogP contribution is -2.43. The van der Waals surface area contributed by atoms with Gasteiger partial charge in [-0.05, 0) is 43.5 Å². The fourth-order valence-electron chi connectivity index (χ4n) is 1.78. The first-order valence-electron chi connectivity index (χ1n) is 4.93. The minimum absolute atomic E-state index is 0.179. The molecule has 0 unspecified atom stereocenters. The second-order valence-electron chi connectivity index (χ2n) is 3.92. The number of hydrogen-bond acceptors (Lipinski definition) is 3. The standard InChI is InChI=1S/C11H10ClNO2S/c12-9-2-4-10(5-3-9)16(14,15)11(8-13)6-1-7-11/h2-5H,1,6-7H2. The summed E-state index contributed by atoms with van der Waals surface area (Å²) in [5.41, 5.74) is 0. The minimum atomic E-state index is -3.55.